The quantitative estimate of drug-likeness (QED) is 0.438. The van der Waals surface area contributed by atoms with Crippen molar-refractivity contribution in [3.63, 3.8) is 0 Å². The Morgan fingerprint density at radius 1 is 1.14 bits per heavy atom. The molecule has 1 heterocycles. The lowest BCUT2D eigenvalue weighted by molar-refractivity contribution is -0.129. The number of aliphatic imine (C=N–C) groups is 1. The van der Waals surface area contributed by atoms with Crippen LogP contribution in [0.2, 0.25) is 0 Å². The van der Waals surface area contributed by atoms with Crippen molar-refractivity contribution in [1.29, 1.82) is 0 Å². The normalized spacial score (nSPS) is 15.8. The SMILES string of the molecule is CCc1ccc(C=C2N=C(c3ccccc3I)OC2=O)cc1. The zero-order valence-electron chi connectivity index (χ0n) is 12.0. The molecule has 0 saturated heterocycles. The number of hydrogen-bond acceptors (Lipinski definition) is 3. The number of benzene rings is 2. The van der Waals surface area contributed by atoms with Gasteiger partial charge in [0.05, 0.1) is 5.56 Å². The molecule has 110 valence electrons. The smallest absolute Gasteiger partial charge is 0.363 e. The van der Waals surface area contributed by atoms with Crippen LogP contribution in [0.25, 0.3) is 6.08 Å². The summed E-state index contributed by atoms with van der Waals surface area (Å²) in [7, 11) is 0. The molecule has 22 heavy (non-hydrogen) atoms. The second kappa shape index (κ2) is 6.44. The first-order valence-corrected chi connectivity index (χ1v) is 8.11. The molecule has 2 aromatic rings. The molecule has 0 amide bonds. The number of halogens is 1. The summed E-state index contributed by atoms with van der Waals surface area (Å²) in [5.41, 5.74) is 3.37. The van der Waals surface area contributed by atoms with Gasteiger partial charge in [-0.2, -0.15) is 0 Å². The lowest BCUT2D eigenvalue weighted by atomic mass is 10.1. The maximum Gasteiger partial charge on any atom is 0.363 e. The standard InChI is InChI=1S/C18H14INO2/c1-2-12-7-9-13(10-8-12)11-16-18(21)22-17(20-16)14-5-3-4-6-15(14)19/h3-11H,2H2,1H3. The van der Waals surface area contributed by atoms with E-state index in [1.807, 2.05) is 36.4 Å². The largest absolute Gasteiger partial charge is 0.402 e. The molecule has 3 nitrogen and oxygen atoms in total. The molecule has 0 unspecified atom stereocenters. The summed E-state index contributed by atoms with van der Waals surface area (Å²) in [5, 5.41) is 0. The molecule has 2 aromatic carbocycles. The predicted octanol–water partition coefficient (Wildman–Crippen LogP) is 4.20. The van der Waals surface area contributed by atoms with Crippen LogP contribution >= 0.6 is 22.6 Å². The van der Waals surface area contributed by atoms with Crippen LogP contribution in [-0.4, -0.2) is 11.9 Å². The molecule has 0 bridgehead atoms. The summed E-state index contributed by atoms with van der Waals surface area (Å²) in [6, 6.07) is 15.8. The second-order valence-electron chi connectivity index (χ2n) is 4.91. The first kappa shape index (κ1) is 15.0. The number of aryl methyl sites for hydroxylation is 1. The van der Waals surface area contributed by atoms with E-state index in [1.165, 1.54) is 5.56 Å². The van der Waals surface area contributed by atoms with E-state index in [2.05, 4.69) is 46.6 Å². The Morgan fingerprint density at radius 2 is 1.86 bits per heavy atom. The predicted molar refractivity (Wildman–Crippen MR) is 95.6 cm³/mol. The molecular weight excluding hydrogens is 389 g/mol. The highest BCUT2D eigenvalue weighted by molar-refractivity contribution is 14.1. The van der Waals surface area contributed by atoms with Crippen LogP contribution in [0.15, 0.2) is 59.2 Å². The zero-order chi connectivity index (χ0) is 15.5. The van der Waals surface area contributed by atoms with Gasteiger partial charge in [0.25, 0.3) is 0 Å². The molecule has 4 heteroatoms. The van der Waals surface area contributed by atoms with Crippen LogP contribution in [0.5, 0.6) is 0 Å². The topological polar surface area (TPSA) is 38.7 Å². The van der Waals surface area contributed by atoms with Crippen LogP contribution in [0.4, 0.5) is 0 Å². The molecule has 3 rings (SSSR count). The van der Waals surface area contributed by atoms with E-state index in [1.54, 1.807) is 6.08 Å². The van der Waals surface area contributed by atoms with Crippen molar-refractivity contribution in [1.82, 2.24) is 0 Å². The van der Waals surface area contributed by atoms with Gasteiger partial charge in [-0.15, -0.1) is 0 Å². The van der Waals surface area contributed by atoms with Crippen molar-refractivity contribution in [3.05, 3.63) is 74.5 Å². The first-order valence-electron chi connectivity index (χ1n) is 7.04. The highest BCUT2D eigenvalue weighted by Crippen LogP contribution is 2.22. The Kier molecular flexibility index (Phi) is 4.38. The molecular formula is C18H14INO2. The third kappa shape index (κ3) is 3.11. The van der Waals surface area contributed by atoms with Gasteiger partial charge in [0, 0.05) is 3.57 Å². The summed E-state index contributed by atoms with van der Waals surface area (Å²) < 4.78 is 6.30. The van der Waals surface area contributed by atoms with Crippen LogP contribution in [-0.2, 0) is 16.0 Å². The number of nitrogens with zero attached hydrogens (tertiary/aromatic N) is 1. The fraction of sp³-hybridized carbons (Fsp3) is 0.111. The Morgan fingerprint density at radius 3 is 2.55 bits per heavy atom. The van der Waals surface area contributed by atoms with Gasteiger partial charge in [0.1, 0.15) is 0 Å². The van der Waals surface area contributed by atoms with Crippen molar-refractivity contribution in [2.75, 3.05) is 0 Å². The lowest BCUT2D eigenvalue weighted by Gasteiger charge is -2.01. The van der Waals surface area contributed by atoms with Crippen molar-refractivity contribution in [3.8, 4) is 0 Å². The number of hydrogen-bond donors (Lipinski definition) is 0. The van der Waals surface area contributed by atoms with E-state index in [0.29, 0.717) is 11.6 Å². The summed E-state index contributed by atoms with van der Waals surface area (Å²) >= 11 is 2.20. The minimum atomic E-state index is -0.408. The van der Waals surface area contributed by atoms with E-state index >= 15 is 0 Å². The minimum Gasteiger partial charge on any atom is -0.402 e. The number of cyclic esters (lactones) is 1. The maximum absolute atomic E-state index is 12.0. The van der Waals surface area contributed by atoms with Gasteiger partial charge in [-0.1, -0.05) is 43.3 Å². The Hall–Kier alpha value is -1.95. The molecule has 0 radical (unpaired) electrons. The van der Waals surface area contributed by atoms with E-state index in [0.717, 1.165) is 21.1 Å². The first-order chi connectivity index (χ1) is 10.7. The number of esters is 1. The fourth-order valence-corrected chi connectivity index (χ4v) is 2.78. The van der Waals surface area contributed by atoms with Gasteiger partial charge < -0.3 is 4.74 Å². The third-order valence-corrected chi connectivity index (χ3v) is 4.36. The summed E-state index contributed by atoms with van der Waals surface area (Å²) in [4.78, 5) is 16.3. The molecule has 0 spiro atoms. The van der Waals surface area contributed by atoms with E-state index in [-0.39, 0.29) is 0 Å². The molecule has 1 aliphatic rings. The average molecular weight is 403 g/mol. The van der Waals surface area contributed by atoms with Gasteiger partial charge in [-0.3, -0.25) is 0 Å². The Bertz CT molecular complexity index is 776. The van der Waals surface area contributed by atoms with Crippen LogP contribution in [0.3, 0.4) is 0 Å². The summed E-state index contributed by atoms with van der Waals surface area (Å²) in [6.45, 7) is 2.11. The van der Waals surface area contributed by atoms with Crippen molar-refractivity contribution < 1.29 is 9.53 Å². The van der Waals surface area contributed by atoms with Crippen molar-refractivity contribution in [2.24, 2.45) is 4.99 Å². The van der Waals surface area contributed by atoms with Gasteiger partial charge in [0.2, 0.25) is 5.90 Å². The highest BCUT2D eigenvalue weighted by Gasteiger charge is 2.25. The fourth-order valence-electron chi connectivity index (χ4n) is 2.17. The van der Waals surface area contributed by atoms with Gasteiger partial charge in [0.15, 0.2) is 5.70 Å². The molecule has 0 N–H and O–H groups in total. The van der Waals surface area contributed by atoms with Crippen LogP contribution in [0.1, 0.15) is 23.6 Å². The van der Waals surface area contributed by atoms with Crippen molar-refractivity contribution in [2.45, 2.75) is 13.3 Å². The van der Waals surface area contributed by atoms with E-state index < -0.39 is 5.97 Å². The lowest BCUT2D eigenvalue weighted by Crippen LogP contribution is -2.06. The highest BCUT2D eigenvalue weighted by atomic mass is 127. The van der Waals surface area contributed by atoms with Gasteiger partial charge >= 0.3 is 5.97 Å². The molecule has 0 aromatic heterocycles. The monoisotopic (exact) mass is 403 g/mol. The second-order valence-corrected chi connectivity index (χ2v) is 6.07. The minimum absolute atomic E-state index is 0.332. The number of rotatable bonds is 3. The number of ether oxygens (including phenoxy) is 1. The molecule has 0 aliphatic carbocycles. The molecule has 0 saturated carbocycles. The molecule has 0 fully saturated rings. The zero-order valence-corrected chi connectivity index (χ0v) is 14.2. The van der Waals surface area contributed by atoms with Crippen LogP contribution < -0.4 is 0 Å². The van der Waals surface area contributed by atoms with Gasteiger partial charge in [-0.05, 0) is 58.3 Å². The van der Waals surface area contributed by atoms with E-state index in [4.69, 9.17) is 4.74 Å². The summed E-state index contributed by atoms with van der Waals surface area (Å²) in [6.07, 6.45) is 2.75. The number of carbonyl (C=O) groups excluding carboxylic acids is 1. The summed E-state index contributed by atoms with van der Waals surface area (Å²) in [5.74, 6) is -0.0411. The molecule has 0 atom stereocenters. The van der Waals surface area contributed by atoms with Crippen molar-refractivity contribution >= 4 is 40.5 Å². The average Bonchev–Trinajstić information content (AvgIpc) is 2.89. The van der Waals surface area contributed by atoms with E-state index in [9.17, 15) is 4.79 Å². The molecule has 1 aliphatic heterocycles. The maximum atomic E-state index is 12.0. The number of carbonyl (C=O) groups is 1. The van der Waals surface area contributed by atoms with Gasteiger partial charge in [-0.25, -0.2) is 9.79 Å². The van der Waals surface area contributed by atoms with Crippen LogP contribution in [0, 0.1) is 3.57 Å². The third-order valence-electron chi connectivity index (χ3n) is 3.42. The Balaban J connectivity index is 1.92. The Labute approximate surface area is 142 Å².